The molecular weight excluding hydrogens is 298 g/mol. The highest BCUT2D eigenvalue weighted by Gasteiger charge is 2.15. The standard InChI is InChI=1S/C15H23N5OS/c22-15(17-12-19-4-2-1-3-5-19)13-10-16-11-14(18-13)20-6-8-21-9-7-20/h10-11H,1-9,12H2,(H,17,22). The topological polar surface area (TPSA) is 53.5 Å². The van der Waals surface area contributed by atoms with Gasteiger partial charge in [0.2, 0.25) is 0 Å². The summed E-state index contributed by atoms with van der Waals surface area (Å²) in [7, 11) is 0. The Morgan fingerprint density at radius 2 is 1.91 bits per heavy atom. The van der Waals surface area contributed by atoms with Crippen LogP contribution >= 0.6 is 12.2 Å². The Labute approximate surface area is 136 Å². The van der Waals surface area contributed by atoms with Gasteiger partial charge in [-0.3, -0.25) is 9.88 Å². The molecule has 0 amide bonds. The molecule has 6 nitrogen and oxygen atoms in total. The van der Waals surface area contributed by atoms with Crippen LogP contribution in [0.4, 0.5) is 5.82 Å². The highest BCUT2D eigenvalue weighted by Crippen LogP contribution is 2.12. The molecule has 0 atom stereocenters. The number of piperidine rings is 1. The van der Waals surface area contributed by atoms with Crippen LogP contribution in [0.15, 0.2) is 12.4 Å². The Morgan fingerprint density at radius 1 is 1.14 bits per heavy atom. The summed E-state index contributed by atoms with van der Waals surface area (Å²) in [6, 6.07) is 0. The van der Waals surface area contributed by atoms with E-state index < -0.39 is 0 Å². The summed E-state index contributed by atoms with van der Waals surface area (Å²) >= 11 is 5.47. The maximum absolute atomic E-state index is 5.47. The number of hydrogen-bond donors (Lipinski definition) is 1. The molecular formula is C15H23N5OS. The number of hydrogen-bond acceptors (Lipinski definition) is 6. The number of nitrogens with one attached hydrogen (secondary N) is 1. The molecule has 1 aromatic rings. The Bertz CT molecular complexity index is 500. The third kappa shape index (κ3) is 4.12. The summed E-state index contributed by atoms with van der Waals surface area (Å²) in [6.07, 6.45) is 7.42. The average Bonchev–Trinajstić information content (AvgIpc) is 2.61. The fourth-order valence-corrected chi connectivity index (χ4v) is 2.96. The molecule has 0 saturated carbocycles. The molecule has 1 aromatic heterocycles. The van der Waals surface area contributed by atoms with E-state index in [1.807, 2.05) is 0 Å². The molecule has 0 spiro atoms. The Hall–Kier alpha value is -1.31. The number of thiocarbonyl (C=S) groups is 1. The lowest BCUT2D eigenvalue weighted by Gasteiger charge is -2.28. The molecule has 0 aliphatic carbocycles. The zero-order valence-electron chi connectivity index (χ0n) is 12.8. The van der Waals surface area contributed by atoms with E-state index in [0.29, 0.717) is 4.99 Å². The van der Waals surface area contributed by atoms with Crippen molar-refractivity contribution in [2.75, 3.05) is 51.0 Å². The van der Waals surface area contributed by atoms with Crippen molar-refractivity contribution in [3.8, 4) is 0 Å². The largest absolute Gasteiger partial charge is 0.378 e. The van der Waals surface area contributed by atoms with Gasteiger partial charge in [-0.05, 0) is 25.9 Å². The van der Waals surface area contributed by atoms with Crippen molar-refractivity contribution in [1.82, 2.24) is 20.2 Å². The molecule has 3 heterocycles. The van der Waals surface area contributed by atoms with E-state index >= 15 is 0 Å². The normalized spacial score (nSPS) is 19.9. The van der Waals surface area contributed by atoms with E-state index in [9.17, 15) is 0 Å². The van der Waals surface area contributed by atoms with Gasteiger partial charge in [0, 0.05) is 13.1 Å². The number of ether oxygens (including phenoxy) is 1. The predicted molar refractivity (Wildman–Crippen MR) is 90.2 cm³/mol. The van der Waals surface area contributed by atoms with Crippen molar-refractivity contribution in [1.29, 1.82) is 0 Å². The quantitative estimate of drug-likeness (QED) is 0.831. The van der Waals surface area contributed by atoms with Gasteiger partial charge in [0.05, 0.1) is 32.3 Å². The molecule has 1 N–H and O–H groups in total. The zero-order valence-corrected chi connectivity index (χ0v) is 13.6. The number of aromatic nitrogens is 2. The number of morpholine rings is 1. The minimum absolute atomic E-state index is 0.674. The number of rotatable bonds is 4. The first kappa shape index (κ1) is 15.6. The molecule has 0 bridgehead atoms. The van der Waals surface area contributed by atoms with Gasteiger partial charge in [-0.2, -0.15) is 0 Å². The van der Waals surface area contributed by atoms with Crippen molar-refractivity contribution in [3.63, 3.8) is 0 Å². The fraction of sp³-hybridized carbons (Fsp3) is 0.667. The first-order valence-corrected chi connectivity index (χ1v) is 8.39. The number of nitrogens with zero attached hydrogens (tertiary/aromatic N) is 4. The molecule has 2 fully saturated rings. The van der Waals surface area contributed by atoms with Gasteiger partial charge in [0.1, 0.15) is 16.5 Å². The minimum Gasteiger partial charge on any atom is -0.378 e. The highest BCUT2D eigenvalue weighted by molar-refractivity contribution is 7.80. The van der Waals surface area contributed by atoms with Gasteiger partial charge < -0.3 is 15.0 Å². The molecule has 120 valence electrons. The molecule has 7 heteroatoms. The Morgan fingerprint density at radius 3 is 2.68 bits per heavy atom. The summed E-state index contributed by atoms with van der Waals surface area (Å²) in [5, 5.41) is 3.31. The van der Waals surface area contributed by atoms with Gasteiger partial charge >= 0.3 is 0 Å². The first-order valence-electron chi connectivity index (χ1n) is 7.98. The Balaban J connectivity index is 1.57. The van der Waals surface area contributed by atoms with Crippen LogP contribution < -0.4 is 10.2 Å². The van der Waals surface area contributed by atoms with Crippen LogP contribution in [0, 0.1) is 0 Å². The lowest BCUT2D eigenvalue weighted by molar-refractivity contribution is 0.122. The summed E-state index contributed by atoms with van der Waals surface area (Å²) in [6.45, 7) is 6.28. The molecule has 2 saturated heterocycles. The summed E-state index contributed by atoms with van der Waals surface area (Å²) in [4.78, 5) is 14.2. The second-order valence-corrected chi connectivity index (χ2v) is 6.11. The van der Waals surface area contributed by atoms with Crippen LogP contribution in [0.2, 0.25) is 0 Å². The van der Waals surface area contributed by atoms with Crippen LogP contribution in [-0.2, 0) is 4.74 Å². The molecule has 22 heavy (non-hydrogen) atoms. The maximum atomic E-state index is 5.47. The summed E-state index contributed by atoms with van der Waals surface area (Å²) in [5.41, 5.74) is 0.746. The highest BCUT2D eigenvalue weighted by atomic mass is 32.1. The van der Waals surface area contributed by atoms with Crippen molar-refractivity contribution in [3.05, 3.63) is 18.1 Å². The van der Waals surface area contributed by atoms with E-state index in [2.05, 4.69) is 25.1 Å². The van der Waals surface area contributed by atoms with E-state index in [0.717, 1.165) is 57.6 Å². The second kappa shape index (κ2) is 7.80. The minimum atomic E-state index is 0.674. The van der Waals surface area contributed by atoms with Crippen LogP contribution in [0.3, 0.4) is 0 Å². The van der Waals surface area contributed by atoms with Crippen LogP contribution in [0.1, 0.15) is 25.0 Å². The molecule has 2 aliphatic heterocycles. The monoisotopic (exact) mass is 321 g/mol. The van der Waals surface area contributed by atoms with Crippen LogP contribution in [-0.4, -0.2) is 65.9 Å². The molecule has 0 unspecified atom stereocenters. The van der Waals surface area contributed by atoms with E-state index in [-0.39, 0.29) is 0 Å². The van der Waals surface area contributed by atoms with Gasteiger partial charge in [0.15, 0.2) is 0 Å². The molecule has 3 rings (SSSR count). The lowest BCUT2D eigenvalue weighted by atomic mass is 10.1. The maximum Gasteiger partial charge on any atom is 0.148 e. The van der Waals surface area contributed by atoms with Crippen molar-refractivity contribution in [2.24, 2.45) is 0 Å². The van der Waals surface area contributed by atoms with Gasteiger partial charge in [-0.25, -0.2) is 4.98 Å². The number of likely N-dealkylation sites (tertiary alicyclic amines) is 1. The molecule has 0 aromatic carbocycles. The van der Waals surface area contributed by atoms with E-state index in [4.69, 9.17) is 17.0 Å². The van der Waals surface area contributed by atoms with Crippen molar-refractivity contribution >= 4 is 23.0 Å². The average molecular weight is 321 g/mol. The van der Waals surface area contributed by atoms with Gasteiger partial charge in [0.25, 0.3) is 0 Å². The van der Waals surface area contributed by atoms with E-state index in [1.54, 1.807) is 12.4 Å². The second-order valence-electron chi connectivity index (χ2n) is 5.70. The number of anilines is 1. The van der Waals surface area contributed by atoms with Gasteiger partial charge in [-0.15, -0.1) is 0 Å². The van der Waals surface area contributed by atoms with Crippen molar-refractivity contribution < 1.29 is 4.74 Å². The van der Waals surface area contributed by atoms with Crippen LogP contribution in [0.5, 0.6) is 0 Å². The predicted octanol–water partition coefficient (Wildman–Crippen LogP) is 1.02. The first-order chi connectivity index (χ1) is 10.8. The third-order valence-electron chi connectivity index (χ3n) is 4.10. The lowest BCUT2D eigenvalue weighted by Crippen LogP contribution is -2.40. The third-order valence-corrected chi connectivity index (χ3v) is 4.45. The summed E-state index contributed by atoms with van der Waals surface area (Å²) < 4.78 is 5.37. The van der Waals surface area contributed by atoms with Crippen molar-refractivity contribution in [2.45, 2.75) is 19.3 Å². The van der Waals surface area contributed by atoms with Gasteiger partial charge in [-0.1, -0.05) is 18.6 Å². The fourth-order valence-electron chi connectivity index (χ4n) is 2.80. The summed E-state index contributed by atoms with van der Waals surface area (Å²) in [5.74, 6) is 0.878. The SMILES string of the molecule is S=C(NCN1CCCCC1)c1cncc(N2CCOCC2)n1. The Kier molecular flexibility index (Phi) is 5.53. The smallest absolute Gasteiger partial charge is 0.148 e. The van der Waals surface area contributed by atoms with E-state index in [1.165, 1.54) is 19.3 Å². The molecule has 0 radical (unpaired) electrons. The molecule has 2 aliphatic rings. The zero-order chi connectivity index (χ0) is 15.2. The van der Waals surface area contributed by atoms with Crippen LogP contribution in [0.25, 0.3) is 0 Å².